The smallest absolute Gasteiger partial charge is 0.121 e. The maximum atomic E-state index is 5.67. The molecule has 0 saturated heterocycles. The van der Waals surface area contributed by atoms with Crippen molar-refractivity contribution in [1.29, 1.82) is 0 Å². The third kappa shape index (κ3) is 4.70. The van der Waals surface area contributed by atoms with Crippen LogP contribution in [0.4, 0.5) is 5.69 Å². The van der Waals surface area contributed by atoms with Gasteiger partial charge >= 0.3 is 0 Å². The van der Waals surface area contributed by atoms with Gasteiger partial charge in [-0.1, -0.05) is 6.07 Å². The Balaban J connectivity index is 2.57. The van der Waals surface area contributed by atoms with Gasteiger partial charge < -0.3 is 15.8 Å². The second-order valence-electron chi connectivity index (χ2n) is 4.05. The van der Waals surface area contributed by atoms with Crippen LogP contribution in [-0.2, 0) is 0 Å². The van der Waals surface area contributed by atoms with Crippen molar-refractivity contribution < 1.29 is 4.74 Å². The molecule has 0 fully saturated rings. The van der Waals surface area contributed by atoms with E-state index >= 15 is 0 Å². The van der Waals surface area contributed by atoms with E-state index in [0.717, 1.165) is 18.0 Å². The quantitative estimate of drug-likeness (QED) is 0.780. The van der Waals surface area contributed by atoms with Gasteiger partial charge in [0.2, 0.25) is 0 Å². The number of ether oxygens (including phenoxy) is 1. The Kier molecular flexibility index (Phi) is 4.43. The highest BCUT2D eigenvalue weighted by atomic mass is 16.5. The van der Waals surface area contributed by atoms with E-state index in [1.54, 1.807) is 0 Å². The first kappa shape index (κ1) is 11.9. The molecule has 0 heterocycles. The monoisotopic (exact) mass is 208 g/mol. The van der Waals surface area contributed by atoms with E-state index in [-0.39, 0.29) is 12.1 Å². The minimum atomic E-state index is 0.152. The van der Waals surface area contributed by atoms with Gasteiger partial charge in [0.1, 0.15) is 5.75 Å². The van der Waals surface area contributed by atoms with E-state index in [1.807, 2.05) is 45.0 Å². The first-order valence-corrected chi connectivity index (χ1v) is 5.34. The number of hydrogen-bond donors (Lipinski definition) is 2. The zero-order chi connectivity index (χ0) is 11.3. The fourth-order valence-electron chi connectivity index (χ4n) is 1.23. The maximum absolute atomic E-state index is 5.67. The molecule has 0 aliphatic rings. The van der Waals surface area contributed by atoms with E-state index in [1.165, 1.54) is 0 Å². The van der Waals surface area contributed by atoms with Crippen LogP contribution in [0.2, 0.25) is 0 Å². The zero-order valence-electron chi connectivity index (χ0n) is 9.66. The molecule has 0 aromatic heterocycles. The van der Waals surface area contributed by atoms with Gasteiger partial charge in [-0.25, -0.2) is 0 Å². The van der Waals surface area contributed by atoms with Gasteiger partial charge in [0, 0.05) is 24.3 Å². The predicted octanol–water partition coefficient (Wildman–Crippen LogP) is 2.23. The number of benzene rings is 1. The van der Waals surface area contributed by atoms with Gasteiger partial charge in [-0.05, 0) is 32.9 Å². The molecule has 0 radical (unpaired) electrons. The van der Waals surface area contributed by atoms with Crippen molar-refractivity contribution in [1.82, 2.24) is 0 Å². The van der Waals surface area contributed by atoms with Crippen LogP contribution in [-0.4, -0.2) is 18.7 Å². The van der Waals surface area contributed by atoms with Crippen LogP contribution in [0.25, 0.3) is 0 Å². The number of hydrogen-bond acceptors (Lipinski definition) is 3. The molecular weight excluding hydrogens is 188 g/mol. The van der Waals surface area contributed by atoms with Crippen LogP contribution in [0, 0.1) is 0 Å². The number of nitrogens with two attached hydrogens (primary N) is 1. The molecule has 0 aliphatic carbocycles. The standard InChI is InChI=1S/C12H20N2O/c1-9(2)15-12-6-4-5-11(7-12)14-8-10(3)13/h4-7,9-10,14H,8,13H2,1-3H3. The number of rotatable bonds is 5. The van der Waals surface area contributed by atoms with E-state index in [9.17, 15) is 0 Å². The second kappa shape index (κ2) is 5.61. The predicted molar refractivity (Wildman–Crippen MR) is 64.3 cm³/mol. The van der Waals surface area contributed by atoms with E-state index in [0.29, 0.717) is 0 Å². The Hall–Kier alpha value is -1.22. The minimum absolute atomic E-state index is 0.152. The Morgan fingerprint density at radius 2 is 2.07 bits per heavy atom. The van der Waals surface area contributed by atoms with E-state index in [4.69, 9.17) is 10.5 Å². The molecule has 0 spiro atoms. The number of anilines is 1. The molecule has 0 aliphatic heterocycles. The Bertz CT molecular complexity index is 297. The van der Waals surface area contributed by atoms with Crippen LogP contribution in [0.15, 0.2) is 24.3 Å². The molecule has 84 valence electrons. The summed E-state index contributed by atoms with van der Waals surface area (Å²) < 4.78 is 5.59. The molecule has 15 heavy (non-hydrogen) atoms. The molecule has 1 aromatic rings. The van der Waals surface area contributed by atoms with E-state index < -0.39 is 0 Å². The molecule has 1 aromatic carbocycles. The SMILES string of the molecule is CC(N)CNc1cccc(OC(C)C)c1. The van der Waals surface area contributed by atoms with Crippen LogP contribution < -0.4 is 15.8 Å². The molecule has 1 rings (SSSR count). The van der Waals surface area contributed by atoms with Gasteiger partial charge in [0.25, 0.3) is 0 Å². The van der Waals surface area contributed by atoms with Crippen molar-refractivity contribution in [2.75, 3.05) is 11.9 Å². The average molecular weight is 208 g/mol. The van der Waals surface area contributed by atoms with Crippen LogP contribution in [0.5, 0.6) is 5.75 Å². The summed E-state index contributed by atoms with van der Waals surface area (Å²) >= 11 is 0. The molecule has 1 atom stereocenters. The largest absolute Gasteiger partial charge is 0.491 e. The third-order valence-electron chi connectivity index (χ3n) is 1.83. The lowest BCUT2D eigenvalue weighted by molar-refractivity contribution is 0.242. The van der Waals surface area contributed by atoms with Gasteiger partial charge in [-0.15, -0.1) is 0 Å². The normalized spacial score (nSPS) is 12.6. The lowest BCUT2D eigenvalue weighted by atomic mass is 10.2. The summed E-state index contributed by atoms with van der Waals surface area (Å²) in [6.07, 6.45) is 0.202. The Labute approximate surface area is 91.6 Å². The summed E-state index contributed by atoms with van der Waals surface area (Å²) in [4.78, 5) is 0. The lowest BCUT2D eigenvalue weighted by Crippen LogP contribution is -2.25. The van der Waals surface area contributed by atoms with Crippen LogP contribution in [0.3, 0.4) is 0 Å². The molecule has 0 amide bonds. The second-order valence-corrected chi connectivity index (χ2v) is 4.05. The van der Waals surface area contributed by atoms with Crippen molar-refractivity contribution in [3.8, 4) is 5.75 Å². The molecule has 1 unspecified atom stereocenters. The highest BCUT2D eigenvalue weighted by molar-refractivity contribution is 5.48. The lowest BCUT2D eigenvalue weighted by Gasteiger charge is -2.13. The van der Waals surface area contributed by atoms with Crippen molar-refractivity contribution in [3.05, 3.63) is 24.3 Å². The molecule has 0 bridgehead atoms. The molecule has 3 N–H and O–H groups in total. The van der Waals surface area contributed by atoms with Gasteiger partial charge in [-0.3, -0.25) is 0 Å². The minimum Gasteiger partial charge on any atom is -0.491 e. The zero-order valence-corrected chi connectivity index (χ0v) is 9.66. The molecule has 3 heteroatoms. The highest BCUT2D eigenvalue weighted by Gasteiger charge is 1.99. The first-order valence-electron chi connectivity index (χ1n) is 5.34. The summed E-state index contributed by atoms with van der Waals surface area (Å²) in [6.45, 7) is 6.77. The van der Waals surface area contributed by atoms with Gasteiger partial charge in [0.15, 0.2) is 0 Å². The first-order chi connectivity index (χ1) is 7.08. The number of nitrogens with one attached hydrogen (secondary N) is 1. The van der Waals surface area contributed by atoms with E-state index in [2.05, 4.69) is 5.32 Å². The summed E-state index contributed by atoms with van der Waals surface area (Å²) in [5, 5.41) is 3.25. The third-order valence-corrected chi connectivity index (χ3v) is 1.83. The van der Waals surface area contributed by atoms with Gasteiger partial charge in [-0.2, -0.15) is 0 Å². The average Bonchev–Trinajstić information content (AvgIpc) is 2.14. The van der Waals surface area contributed by atoms with Gasteiger partial charge in [0.05, 0.1) is 6.10 Å². The van der Waals surface area contributed by atoms with Crippen molar-refractivity contribution in [2.24, 2.45) is 5.73 Å². The molecular formula is C12H20N2O. The maximum Gasteiger partial charge on any atom is 0.121 e. The summed E-state index contributed by atoms with van der Waals surface area (Å²) in [6, 6.07) is 8.08. The topological polar surface area (TPSA) is 47.3 Å². The molecule has 3 nitrogen and oxygen atoms in total. The highest BCUT2D eigenvalue weighted by Crippen LogP contribution is 2.18. The van der Waals surface area contributed by atoms with Crippen LogP contribution in [0.1, 0.15) is 20.8 Å². The van der Waals surface area contributed by atoms with Crippen molar-refractivity contribution in [3.63, 3.8) is 0 Å². The Morgan fingerprint density at radius 3 is 2.67 bits per heavy atom. The fourth-order valence-corrected chi connectivity index (χ4v) is 1.23. The summed E-state index contributed by atoms with van der Waals surface area (Å²) in [5.74, 6) is 0.889. The molecule has 0 saturated carbocycles. The van der Waals surface area contributed by atoms with Crippen LogP contribution >= 0.6 is 0 Å². The van der Waals surface area contributed by atoms with Crippen molar-refractivity contribution >= 4 is 5.69 Å². The fraction of sp³-hybridized carbons (Fsp3) is 0.500. The van der Waals surface area contributed by atoms with Crippen molar-refractivity contribution in [2.45, 2.75) is 32.9 Å². The summed E-state index contributed by atoms with van der Waals surface area (Å²) in [7, 11) is 0. The summed E-state index contributed by atoms with van der Waals surface area (Å²) in [5.41, 5.74) is 6.71. The Morgan fingerprint density at radius 1 is 1.33 bits per heavy atom.